The number of alkyl halides is 2. The van der Waals surface area contributed by atoms with Gasteiger partial charge in [-0.15, -0.1) is 0 Å². The first-order valence-electron chi connectivity index (χ1n) is 3.48. The number of rotatable bonds is 2. The van der Waals surface area contributed by atoms with Gasteiger partial charge in [0.1, 0.15) is 0 Å². The summed E-state index contributed by atoms with van der Waals surface area (Å²) in [7, 11) is 1.33. The van der Waals surface area contributed by atoms with E-state index in [-0.39, 0.29) is 3.74 Å². The molecule has 0 amide bonds. The summed E-state index contributed by atoms with van der Waals surface area (Å²) in [5.74, 6) is -0.431. The normalized spacial score (nSPS) is 10.2. The van der Waals surface area contributed by atoms with Crippen molar-refractivity contribution in [2.75, 3.05) is 7.11 Å². The molecule has 5 heteroatoms. The molecule has 3 nitrogen and oxygen atoms in total. The molecule has 0 aromatic carbocycles. The summed E-state index contributed by atoms with van der Waals surface area (Å²) in [6.45, 7) is 0. The van der Waals surface area contributed by atoms with Gasteiger partial charge in [0, 0.05) is 11.8 Å². The van der Waals surface area contributed by atoms with Crippen molar-refractivity contribution in [1.82, 2.24) is 4.98 Å². The summed E-state index contributed by atoms with van der Waals surface area (Å²) in [6.07, 6.45) is 1.55. The number of carbonyl (C=O) groups is 1. The molecule has 0 fully saturated rings. The van der Waals surface area contributed by atoms with E-state index in [9.17, 15) is 4.79 Å². The van der Waals surface area contributed by atoms with Crippen LogP contribution in [-0.4, -0.2) is 18.1 Å². The molecule has 1 heterocycles. The molecule has 0 saturated heterocycles. The Balaban J connectivity index is 3.12. The molecule has 70 valence electrons. The minimum Gasteiger partial charge on any atom is -0.464 e. The topological polar surface area (TPSA) is 39.2 Å². The molecule has 0 aliphatic heterocycles. The maximum Gasteiger partial charge on any atom is 0.357 e. The summed E-state index contributed by atoms with van der Waals surface area (Å²) < 4.78 is 4.49. The van der Waals surface area contributed by atoms with Crippen LogP contribution in [0.15, 0.2) is 18.3 Å². The van der Waals surface area contributed by atoms with Crippen molar-refractivity contribution in [3.05, 3.63) is 29.6 Å². The second-order valence-corrected chi connectivity index (χ2v) is 5.29. The van der Waals surface area contributed by atoms with E-state index in [1.807, 2.05) is 0 Å². The summed E-state index contributed by atoms with van der Waals surface area (Å²) in [6, 6.07) is 3.56. The van der Waals surface area contributed by atoms with Crippen LogP contribution in [0.1, 0.15) is 19.8 Å². The molecule has 1 rings (SSSR count). The van der Waals surface area contributed by atoms with Crippen LogP contribution < -0.4 is 0 Å². The number of hydrogen-bond acceptors (Lipinski definition) is 3. The van der Waals surface area contributed by atoms with Gasteiger partial charge in [0.2, 0.25) is 0 Å². The molecule has 0 atom stereocenters. The lowest BCUT2D eigenvalue weighted by molar-refractivity contribution is 0.0593. The highest BCUT2D eigenvalue weighted by Crippen LogP contribution is 2.30. The van der Waals surface area contributed by atoms with E-state index in [1.54, 1.807) is 18.3 Å². The van der Waals surface area contributed by atoms with Gasteiger partial charge in [0.05, 0.1) is 10.8 Å². The van der Waals surface area contributed by atoms with Gasteiger partial charge in [-0.2, -0.15) is 0 Å². The van der Waals surface area contributed by atoms with Gasteiger partial charge in [0.15, 0.2) is 5.69 Å². The Kier molecular flexibility index (Phi) is 3.87. The maximum atomic E-state index is 11.2. The zero-order valence-corrected chi connectivity index (χ0v) is 10.0. The quantitative estimate of drug-likeness (QED) is 0.623. The van der Waals surface area contributed by atoms with E-state index in [0.29, 0.717) is 5.69 Å². The smallest absolute Gasteiger partial charge is 0.357 e. The Labute approximate surface area is 92.8 Å². The fraction of sp³-hybridized carbons (Fsp3) is 0.250. The number of nitrogens with zero attached hydrogens (tertiary/aromatic N) is 1. The molecular weight excluding hydrogens is 302 g/mol. The van der Waals surface area contributed by atoms with Crippen LogP contribution in [0.4, 0.5) is 0 Å². The van der Waals surface area contributed by atoms with Crippen LogP contribution >= 0.6 is 31.9 Å². The van der Waals surface area contributed by atoms with Crippen LogP contribution in [0.25, 0.3) is 0 Å². The van der Waals surface area contributed by atoms with Crippen LogP contribution in [0.5, 0.6) is 0 Å². The third kappa shape index (κ3) is 2.51. The van der Waals surface area contributed by atoms with Gasteiger partial charge in [-0.1, -0.05) is 37.9 Å². The third-order valence-electron chi connectivity index (χ3n) is 1.45. The maximum absolute atomic E-state index is 11.2. The Morgan fingerprint density at radius 3 is 2.85 bits per heavy atom. The van der Waals surface area contributed by atoms with Crippen molar-refractivity contribution in [2.45, 2.75) is 3.74 Å². The number of pyridine rings is 1. The fourth-order valence-electron chi connectivity index (χ4n) is 0.861. The molecule has 0 bridgehead atoms. The second-order valence-electron chi connectivity index (χ2n) is 2.23. The van der Waals surface area contributed by atoms with E-state index in [2.05, 4.69) is 41.6 Å². The average molecular weight is 309 g/mol. The van der Waals surface area contributed by atoms with E-state index in [1.165, 1.54) is 7.11 Å². The van der Waals surface area contributed by atoms with Gasteiger partial charge in [0.25, 0.3) is 0 Å². The van der Waals surface area contributed by atoms with Crippen molar-refractivity contribution in [2.24, 2.45) is 0 Å². The molecule has 0 unspecified atom stereocenters. The Morgan fingerprint density at radius 1 is 1.62 bits per heavy atom. The van der Waals surface area contributed by atoms with Crippen LogP contribution in [0.2, 0.25) is 0 Å². The summed E-state index contributed by atoms with van der Waals surface area (Å²) in [5.41, 5.74) is 1.08. The van der Waals surface area contributed by atoms with Crippen molar-refractivity contribution in [3.63, 3.8) is 0 Å². The molecule has 0 saturated carbocycles. The molecule has 0 N–H and O–H groups in total. The second kappa shape index (κ2) is 4.72. The number of carbonyl (C=O) groups excluding carboxylic acids is 1. The number of ether oxygens (including phenoxy) is 1. The standard InChI is InChI=1S/C8H7Br2NO2/c1-13-8(12)6-5(7(9)10)3-2-4-11-6/h2-4,7H,1H3. The molecule has 0 aliphatic rings. The first-order valence-corrected chi connectivity index (χ1v) is 5.31. The molecule has 1 aromatic heterocycles. The van der Waals surface area contributed by atoms with Crippen LogP contribution in [0.3, 0.4) is 0 Å². The number of esters is 1. The van der Waals surface area contributed by atoms with Gasteiger partial charge in [-0.3, -0.25) is 0 Å². The highest BCUT2D eigenvalue weighted by Gasteiger charge is 2.16. The first-order chi connectivity index (χ1) is 6.16. The zero-order chi connectivity index (χ0) is 9.84. The molecule has 1 aromatic rings. The number of methoxy groups -OCH3 is 1. The lowest BCUT2D eigenvalue weighted by Gasteiger charge is -2.06. The predicted molar refractivity (Wildman–Crippen MR) is 56.2 cm³/mol. The highest BCUT2D eigenvalue weighted by molar-refractivity contribution is 9.24. The van der Waals surface area contributed by atoms with Crippen molar-refractivity contribution in [3.8, 4) is 0 Å². The molecule has 13 heavy (non-hydrogen) atoms. The van der Waals surface area contributed by atoms with E-state index in [0.717, 1.165) is 5.56 Å². The molecule has 0 radical (unpaired) electrons. The summed E-state index contributed by atoms with van der Waals surface area (Å²) in [4.78, 5) is 15.1. The van der Waals surface area contributed by atoms with E-state index < -0.39 is 5.97 Å². The Morgan fingerprint density at radius 2 is 2.31 bits per heavy atom. The molecule has 0 aliphatic carbocycles. The van der Waals surface area contributed by atoms with Gasteiger partial charge in [-0.25, -0.2) is 9.78 Å². The van der Waals surface area contributed by atoms with E-state index in [4.69, 9.17) is 0 Å². The molecular formula is C8H7Br2NO2. The van der Waals surface area contributed by atoms with Crippen molar-refractivity contribution >= 4 is 37.8 Å². The summed E-state index contributed by atoms with van der Waals surface area (Å²) in [5, 5.41) is 0. The lowest BCUT2D eigenvalue weighted by atomic mass is 10.2. The highest BCUT2D eigenvalue weighted by atomic mass is 79.9. The number of aromatic nitrogens is 1. The van der Waals surface area contributed by atoms with Crippen LogP contribution in [-0.2, 0) is 4.74 Å². The number of halogens is 2. The largest absolute Gasteiger partial charge is 0.464 e. The Bertz CT molecular complexity index is 315. The summed E-state index contributed by atoms with van der Waals surface area (Å²) >= 11 is 6.60. The first kappa shape index (κ1) is 10.7. The van der Waals surface area contributed by atoms with E-state index >= 15 is 0 Å². The Hall–Kier alpha value is -0.420. The zero-order valence-electron chi connectivity index (χ0n) is 6.83. The predicted octanol–water partition coefficient (Wildman–Crippen LogP) is 2.66. The average Bonchev–Trinajstić information content (AvgIpc) is 2.16. The third-order valence-corrected chi connectivity index (χ3v) is 2.44. The van der Waals surface area contributed by atoms with Gasteiger partial charge in [-0.05, 0) is 6.07 Å². The SMILES string of the molecule is COC(=O)c1ncccc1C(Br)Br. The molecule has 0 spiro atoms. The van der Waals surface area contributed by atoms with Gasteiger partial charge < -0.3 is 4.74 Å². The van der Waals surface area contributed by atoms with Crippen molar-refractivity contribution in [1.29, 1.82) is 0 Å². The number of hydrogen-bond donors (Lipinski definition) is 0. The minimum atomic E-state index is -0.431. The monoisotopic (exact) mass is 307 g/mol. The fourth-order valence-corrected chi connectivity index (χ4v) is 1.60. The van der Waals surface area contributed by atoms with Gasteiger partial charge >= 0.3 is 5.97 Å². The minimum absolute atomic E-state index is 0.0946. The van der Waals surface area contributed by atoms with Crippen molar-refractivity contribution < 1.29 is 9.53 Å². The lowest BCUT2D eigenvalue weighted by Crippen LogP contribution is -2.07. The van der Waals surface area contributed by atoms with Crippen LogP contribution in [0, 0.1) is 0 Å².